The van der Waals surface area contributed by atoms with Gasteiger partial charge in [-0.3, -0.25) is 24.7 Å². The van der Waals surface area contributed by atoms with Crippen molar-refractivity contribution >= 4 is 28.4 Å². The summed E-state index contributed by atoms with van der Waals surface area (Å²) in [6, 6.07) is 16.4. The van der Waals surface area contributed by atoms with E-state index in [9.17, 15) is 19.7 Å². The monoisotopic (exact) mass is 467 g/mol. The van der Waals surface area contributed by atoms with Gasteiger partial charge in [-0.1, -0.05) is 30.3 Å². The van der Waals surface area contributed by atoms with Gasteiger partial charge in [-0.25, -0.2) is 0 Å². The van der Waals surface area contributed by atoms with Gasteiger partial charge >= 0.3 is 0 Å². The predicted octanol–water partition coefficient (Wildman–Crippen LogP) is 3.36. The van der Waals surface area contributed by atoms with Crippen LogP contribution in [0.5, 0.6) is 0 Å². The number of carbonyl (C=O) groups is 2. The van der Waals surface area contributed by atoms with Gasteiger partial charge in [0.25, 0.3) is 5.69 Å². The zero-order valence-corrected chi connectivity index (χ0v) is 18.6. The number of nitrogens with one attached hydrogen (secondary N) is 1. The third-order valence-corrected chi connectivity index (χ3v) is 6.86. The van der Waals surface area contributed by atoms with E-state index in [1.54, 1.807) is 34.3 Å². The number of H-pyrrole nitrogens is 1. The molecule has 1 saturated heterocycles. The molecule has 6 rings (SSSR count). The number of piperazine rings is 1. The number of para-hydroxylation sites is 1. The van der Waals surface area contributed by atoms with Gasteiger partial charge < -0.3 is 14.8 Å². The van der Waals surface area contributed by atoms with Crippen molar-refractivity contribution in [1.82, 2.24) is 19.8 Å². The molecule has 9 heteroatoms. The Morgan fingerprint density at radius 3 is 2.66 bits per heavy atom. The summed E-state index contributed by atoms with van der Waals surface area (Å²) >= 11 is 0. The van der Waals surface area contributed by atoms with Gasteiger partial charge in [0.05, 0.1) is 11.0 Å². The van der Waals surface area contributed by atoms with Crippen molar-refractivity contribution in [2.75, 3.05) is 6.54 Å². The Bertz CT molecular complexity index is 1480. The number of hydrogen-bond donors (Lipinski definition) is 1. The van der Waals surface area contributed by atoms with Crippen molar-refractivity contribution in [3.05, 3.63) is 106 Å². The van der Waals surface area contributed by atoms with Crippen LogP contribution in [-0.4, -0.2) is 49.1 Å². The van der Waals surface area contributed by atoms with Crippen molar-refractivity contribution < 1.29 is 14.5 Å². The summed E-state index contributed by atoms with van der Waals surface area (Å²) in [6.45, 7) is 0.262. The number of nitro benzene ring substituents is 1. The van der Waals surface area contributed by atoms with Crippen LogP contribution < -0.4 is 0 Å². The molecule has 0 radical (unpaired) electrons. The molecule has 2 atom stereocenters. The molecule has 1 fully saturated rings. The minimum atomic E-state index is -0.700. The van der Waals surface area contributed by atoms with Crippen LogP contribution in [0.1, 0.15) is 28.4 Å². The van der Waals surface area contributed by atoms with Gasteiger partial charge in [0.15, 0.2) is 0 Å². The van der Waals surface area contributed by atoms with Gasteiger partial charge in [0.2, 0.25) is 11.8 Å². The molecule has 0 aliphatic carbocycles. The highest BCUT2D eigenvalue weighted by molar-refractivity contribution is 5.97. The summed E-state index contributed by atoms with van der Waals surface area (Å²) in [6.07, 6.45) is 3.70. The predicted molar refractivity (Wildman–Crippen MR) is 127 cm³/mol. The summed E-state index contributed by atoms with van der Waals surface area (Å²) in [4.78, 5) is 49.0. The second-order valence-electron chi connectivity index (χ2n) is 8.89. The Morgan fingerprint density at radius 2 is 1.86 bits per heavy atom. The molecule has 2 aliphatic rings. The number of benzene rings is 2. The van der Waals surface area contributed by atoms with Gasteiger partial charge in [0, 0.05) is 54.1 Å². The molecule has 2 aromatic carbocycles. The normalized spacial score (nSPS) is 19.5. The fourth-order valence-electron chi connectivity index (χ4n) is 5.32. The third-order valence-electron chi connectivity index (χ3n) is 6.86. The highest BCUT2D eigenvalue weighted by Gasteiger charge is 2.48. The number of nitrogens with zero attached hydrogens (tertiary/aromatic N) is 4. The maximum absolute atomic E-state index is 13.7. The zero-order chi connectivity index (χ0) is 24.1. The van der Waals surface area contributed by atoms with E-state index >= 15 is 0 Å². The Labute approximate surface area is 200 Å². The van der Waals surface area contributed by atoms with Crippen molar-refractivity contribution in [2.24, 2.45) is 0 Å². The number of rotatable bonds is 4. The average molecular weight is 467 g/mol. The quantitative estimate of drug-likeness (QED) is 0.365. The van der Waals surface area contributed by atoms with Gasteiger partial charge in [0.1, 0.15) is 12.6 Å². The summed E-state index contributed by atoms with van der Waals surface area (Å²) in [7, 11) is 0. The number of pyridine rings is 1. The van der Waals surface area contributed by atoms with E-state index in [1.807, 2.05) is 36.4 Å². The molecule has 4 aromatic rings. The lowest BCUT2D eigenvalue weighted by Crippen LogP contribution is -2.62. The second kappa shape index (κ2) is 8.05. The fraction of sp³-hybridized carbons (Fsp3) is 0.192. The molecule has 9 nitrogen and oxygen atoms in total. The van der Waals surface area contributed by atoms with Gasteiger partial charge in [-0.2, -0.15) is 0 Å². The number of non-ortho nitro benzene ring substituents is 1. The number of nitro groups is 1. The highest BCUT2D eigenvalue weighted by Crippen LogP contribution is 2.43. The molecular weight excluding hydrogens is 446 g/mol. The van der Waals surface area contributed by atoms with Crippen LogP contribution >= 0.6 is 0 Å². The average Bonchev–Trinajstić information content (AvgIpc) is 3.25. The number of aromatic nitrogens is 2. The van der Waals surface area contributed by atoms with E-state index in [2.05, 4.69) is 9.97 Å². The Balaban J connectivity index is 1.48. The molecule has 2 aliphatic heterocycles. The van der Waals surface area contributed by atoms with Gasteiger partial charge in [-0.05, 0) is 34.9 Å². The minimum absolute atomic E-state index is 0.0569. The summed E-state index contributed by atoms with van der Waals surface area (Å²) in [5.74, 6) is -0.322. The molecule has 4 heterocycles. The third kappa shape index (κ3) is 3.43. The van der Waals surface area contributed by atoms with E-state index < -0.39 is 17.0 Å². The van der Waals surface area contributed by atoms with Crippen LogP contribution in [0.15, 0.2) is 73.1 Å². The first kappa shape index (κ1) is 21.0. The molecule has 1 N–H and O–H groups in total. The smallest absolute Gasteiger partial charge is 0.269 e. The van der Waals surface area contributed by atoms with Crippen LogP contribution in [0.2, 0.25) is 0 Å². The van der Waals surface area contributed by atoms with Gasteiger partial charge in [-0.15, -0.1) is 0 Å². The molecule has 174 valence electrons. The number of amides is 2. The maximum atomic E-state index is 13.7. The van der Waals surface area contributed by atoms with Crippen LogP contribution in [-0.2, 0) is 22.6 Å². The van der Waals surface area contributed by atoms with Crippen LogP contribution in [0, 0.1) is 10.1 Å². The summed E-state index contributed by atoms with van der Waals surface area (Å²) in [5.41, 5.74) is 4.10. The fourth-order valence-corrected chi connectivity index (χ4v) is 5.32. The van der Waals surface area contributed by atoms with E-state index in [4.69, 9.17) is 0 Å². The number of aromatic amines is 1. The molecule has 0 saturated carbocycles. The maximum Gasteiger partial charge on any atom is 0.269 e. The van der Waals surface area contributed by atoms with Crippen molar-refractivity contribution in [1.29, 1.82) is 0 Å². The standard InChI is InChI=1S/C26H21N5O4/c32-23-15-29(14-16-8-10-27-11-9-16)26(33)22-13-20-19-6-1-2-7-21(19)28-24(20)25(30(22)23)17-4-3-5-18(12-17)31(34)35/h1-12,22,25,28H,13-15H2/t22-,25-/m1/s1. The zero-order valence-electron chi connectivity index (χ0n) is 18.6. The summed E-state index contributed by atoms with van der Waals surface area (Å²) < 4.78 is 0. The summed E-state index contributed by atoms with van der Waals surface area (Å²) in [5, 5.41) is 12.5. The Kier molecular flexibility index (Phi) is 4.84. The largest absolute Gasteiger partial charge is 0.356 e. The molecule has 0 bridgehead atoms. The van der Waals surface area contributed by atoms with Crippen LogP contribution in [0.25, 0.3) is 10.9 Å². The lowest BCUT2D eigenvalue weighted by molar-refractivity contribution is -0.384. The molecule has 2 aromatic heterocycles. The molecular formula is C26H21N5O4. The first-order valence-electron chi connectivity index (χ1n) is 11.3. The number of hydrogen-bond acceptors (Lipinski definition) is 5. The molecule has 0 spiro atoms. The first-order valence-corrected chi connectivity index (χ1v) is 11.3. The SMILES string of the molecule is O=C1[C@H]2Cc3c([nH]c4ccccc34)[C@@H](c3cccc([N+](=O)[O-])c3)N2C(=O)CN1Cc1ccncc1. The number of carbonyl (C=O) groups excluding carboxylic acids is 2. The van der Waals surface area contributed by atoms with Crippen molar-refractivity contribution in [3.8, 4) is 0 Å². The molecule has 2 amide bonds. The first-order chi connectivity index (χ1) is 17.0. The molecule has 0 unspecified atom stereocenters. The van der Waals surface area contributed by atoms with E-state index in [-0.39, 0.29) is 24.0 Å². The second-order valence-corrected chi connectivity index (χ2v) is 8.89. The molecule has 35 heavy (non-hydrogen) atoms. The minimum Gasteiger partial charge on any atom is -0.356 e. The van der Waals surface area contributed by atoms with Crippen LogP contribution in [0.3, 0.4) is 0 Å². The number of fused-ring (bicyclic) bond motifs is 4. The van der Waals surface area contributed by atoms with Crippen molar-refractivity contribution in [2.45, 2.75) is 25.0 Å². The van der Waals surface area contributed by atoms with E-state index in [0.717, 1.165) is 27.7 Å². The lowest BCUT2D eigenvalue weighted by atomic mass is 9.86. The Hall–Kier alpha value is -4.53. The topological polar surface area (TPSA) is 112 Å². The van der Waals surface area contributed by atoms with E-state index in [0.29, 0.717) is 18.5 Å². The lowest BCUT2D eigenvalue weighted by Gasteiger charge is -2.47. The van der Waals surface area contributed by atoms with Crippen LogP contribution in [0.4, 0.5) is 5.69 Å². The Morgan fingerprint density at radius 1 is 1.06 bits per heavy atom. The highest BCUT2D eigenvalue weighted by atomic mass is 16.6. The van der Waals surface area contributed by atoms with Crippen molar-refractivity contribution in [3.63, 3.8) is 0 Å². The van der Waals surface area contributed by atoms with E-state index in [1.165, 1.54) is 12.1 Å².